The van der Waals surface area contributed by atoms with Gasteiger partial charge in [-0.05, 0) is 36.4 Å². The maximum absolute atomic E-state index is 14.6. The van der Waals surface area contributed by atoms with E-state index < -0.39 is 11.7 Å². The molecule has 1 aliphatic rings. The van der Waals surface area contributed by atoms with Crippen molar-refractivity contribution < 1.29 is 18.7 Å². The number of benzene rings is 2. The van der Waals surface area contributed by atoms with Gasteiger partial charge >= 0.3 is 6.03 Å². The minimum absolute atomic E-state index is 0.0511. The normalized spacial score (nSPS) is 12.1. The highest BCUT2D eigenvalue weighted by Crippen LogP contribution is 2.32. The quantitative estimate of drug-likeness (QED) is 0.613. The number of nitriles is 1. The average molecular weight is 403 g/mol. The molecule has 0 radical (unpaired) electrons. The van der Waals surface area contributed by atoms with Gasteiger partial charge in [0.05, 0.1) is 23.7 Å². The molecule has 3 amide bonds. The summed E-state index contributed by atoms with van der Waals surface area (Å²) in [7, 11) is 0. The number of nitrogens with zero attached hydrogens (tertiary/aromatic N) is 2. The predicted molar refractivity (Wildman–Crippen MR) is 106 cm³/mol. The molecule has 0 atom stereocenters. The van der Waals surface area contributed by atoms with Gasteiger partial charge in [-0.2, -0.15) is 5.26 Å². The summed E-state index contributed by atoms with van der Waals surface area (Å²) in [6.07, 6.45) is 1.45. The van der Waals surface area contributed by atoms with Gasteiger partial charge < -0.3 is 15.4 Å². The van der Waals surface area contributed by atoms with E-state index in [1.165, 1.54) is 24.4 Å². The largest absolute Gasteiger partial charge is 0.454 e. The van der Waals surface area contributed by atoms with Gasteiger partial charge in [-0.25, -0.2) is 14.2 Å². The highest BCUT2D eigenvalue weighted by molar-refractivity contribution is 6.04. The zero-order chi connectivity index (χ0) is 21.1. The number of urea groups is 1. The number of nitrogens with one attached hydrogen (secondary N) is 3. The number of hydrogen-bond acceptors (Lipinski definition) is 5. The number of carbonyl (C=O) groups excluding carboxylic acids is 2. The van der Waals surface area contributed by atoms with E-state index in [9.17, 15) is 14.0 Å². The molecule has 2 heterocycles. The van der Waals surface area contributed by atoms with E-state index in [-0.39, 0.29) is 29.6 Å². The molecule has 4 rings (SSSR count). The standard InChI is InChI=1S/C21H14FN5O3/c22-16-9-14(26-20(28)13-3-1-2-12(8-13)10-23)4-5-18(16)30-17-6-7-24-19-15(17)11-25-21(29)27-19/h1-9H,11H2,(H,26,28)(H2,24,25,27,29). The van der Waals surface area contributed by atoms with Crippen LogP contribution in [0, 0.1) is 17.1 Å². The van der Waals surface area contributed by atoms with Gasteiger partial charge in [0.2, 0.25) is 0 Å². The van der Waals surface area contributed by atoms with Crippen LogP contribution in [-0.4, -0.2) is 16.9 Å². The molecule has 148 valence electrons. The molecule has 0 saturated heterocycles. The SMILES string of the molecule is N#Cc1cccc(C(=O)Nc2ccc(Oc3ccnc4c3CNC(=O)N4)c(F)c2)c1. The Morgan fingerprint density at radius 1 is 1.20 bits per heavy atom. The molecule has 1 aliphatic heterocycles. The minimum Gasteiger partial charge on any atom is -0.454 e. The molecule has 9 heteroatoms. The molecule has 0 aliphatic carbocycles. The second-order valence-electron chi connectivity index (χ2n) is 6.34. The number of amides is 3. The lowest BCUT2D eigenvalue weighted by Gasteiger charge is -2.20. The Kier molecular flexibility index (Phi) is 4.97. The maximum atomic E-state index is 14.6. The van der Waals surface area contributed by atoms with Gasteiger partial charge in [0.25, 0.3) is 5.91 Å². The van der Waals surface area contributed by atoms with Gasteiger partial charge in [-0.3, -0.25) is 10.1 Å². The van der Waals surface area contributed by atoms with E-state index in [4.69, 9.17) is 10.00 Å². The van der Waals surface area contributed by atoms with Crippen LogP contribution in [0.3, 0.4) is 0 Å². The summed E-state index contributed by atoms with van der Waals surface area (Å²) in [5.74, 6) is -0.511. The van der Waals surface area contributed by atoms with Crippen molar-refractivity contribution in [1.29, 1.82) is 5.26 Å². The first-order valence-electron chi connectivity index (χ1n) is 8.85. The second kappa shape index (κ2) is 7.89. The van der Waals surface area contributed by atoms with Crippen LogP contribution in [0.1, 0.15) is 21.5 Å². The van der Waals surface area contributed by atoms with Crippen molar-refractivity contribution in [3.05, 3.63) is 77.2 Å². The molecule has 2 aromatic carbocycles. The van der Waals surface area contributed by atoms with E-state index in [2.05, 4.69) is 20.9 Å². The molecule has 3 N–H and O–H groups in total. The van der Waals surface area contributed by atoms with Crippen LogP contribution < -0.4 is 20.7 Å². The fourth-order valence-corrected chi connectivity index (χ4v) is 2.88. The van der Waals surface area contributed by atoms with E-state index in [1.54, 1.807) is 24.3 Å². The Morgan fingerprint density at radius 2 is 2.07 bits per heavy atom. The number of carbonyl (C=O) groups is 2. The molecule has 30 heavy (non-hydrogen) atoms. The third kappa shape index (κ3) is 3.88. The smallest absolute Gasteiger partial charge is 0.320 e. The van der Waals surface area contributed by atoms with E-state index >= 15 is 0 Å². The van der Waals surface area contributed by atoms with Gasteiger partial charge in [0.15, 0.2) is 11.6 Å². The summed E-state index contributed by atoms with van der Waals surface area (Å²) in [5.41, 5.74) is 1.46. The first-order chi connectivity index (χ1) is 14.5. The lowest BCUT2D eigenvalue weighted by Crippen LogP contribution is -2.34. The summed E-state index contributed by atoms with van der Waals surface area (Å²) in [6.45, 7) is 0.196. The third-order valence-corrected chi connectivity index (χ3v) is 4.33. The van der Waals surface area contributed by atoms with Crippen molar-refractivity contribution in [3.8, 4) is 17.6 Å². The third-order valence-electron chi connectivity index (χ3n) is 4.33. The van der Waals surface area contributed by atoms with Crippen LogP contribution in [-0.2, 0) is 6.54 Å². The van der Waals surface area contributed by atoms with Crippen molar-refractivity contribution in [2.45, 2.75) is 6.54 Å². The lowest BCUT2D eigenvalue weighted by atomic mass is 10.1. The van der Waals surface area contributed by atoms with E-state index in [1.807, 2.05) is 6.07 Å². The highest BCUT2D eigenvalue weighted by atomic mass is 19.1. The Labute approximate surface area is 170 Å². The van der Waals surface area contributed by atoms with Gasteiger partial charge in [-0.15, -0.1) is 0 Å². The topological polar surface area (TPSA) is 116 Å². The summed E-state index contributed by atoms with van der Waals surface area (Å²) in [4.78, 5) is 27.8. The fourth-order valence-electron chi connectivity index (χ4n) is 2.88. The Hall–Kier alpha value is -4.45. The summed E-state index contributed by atoms with van der Waals surface area (Å²) in [6, 6.07) is 13.4. The van der Waals surface area contributed by atoms with Crippen LogP contribution in [0.5, 0.6) is 11.5 Å². The molecule has 1 aromatic heterocycles. The monoisotopic (exact) mass is 403 g/mol. The van der Waals surface area contributed by atoms with Crippen molar-refractivity contribution in [3.63, 3.8) is 0 Å². The number of aromatic nitrogens is 1. The van der Waals surface area contributed by atoms with Crippen molar-refractivity contribution >= 4 is 23.4 Å². The van der Waals surface area contributed by atoms with Crippen LogP contribution in [0.15, 0.2) is 54.7 Å². The zero-order valence-electron chi connectivity index (χ0n) is 15.4. The zero-order valence-corrected chi connectivity index (χ0v) is 15.4. The fraction of sp³-hybridized carbons (Fsp3) is 0.0476. The summed E-state index contributed by atoms with van der Waals surface area (Å²) >= 11 is 0. The molecule has 3 aromatic rings. The number of pyridine rings is 1. The number of hydrogen-bond donors (Lipinski definition) is 3. The highest BCUT2D eigenvalue weighted by Gasteiger charge is 2.20. The van der Waals surface area contributed by atoms with Crippen LogP contribution in [0.25, 0.3) is 0 Å². The Bertz CT molecular complexity index is 1210. The average Bonchev–Trinajstić information content (AvgIpc) is 2.75. The summed E-state index contributed by atoms with van der Waals surface area (Å²) in [5, 5.41) is 16.7. The van der Waals surface area contributed by atoms with E-state index in [0.29, 0.717) is 22.7 Å². The Balaban J connectivity index is 1.52. The molecule has 0 saturated carbocycles. The molecule has 0 unspecified atom stereocenters. The molecular weight excluding hydrogens is 389 g/mol. The molecular formula is C21H14FN5O3. The number of anilines is 2. The molecule has 0 spiro atoms. The second-order valence-corrected chi connectivity index (χ2v) is 6.34. The lowest BCUT2D eigenvalue weighted by molar-refractivity contribution is 0.102. The minimum atomic E-state index is -0.683. The van der Waals surface area contributed by atoms with Crippen molar-refractivity contribution in [2.75, 3.05) is 10.6 Å². The predicted octanol–water partition coefficient (Wildman–Crippen LogP) is 3.77. The molecule has 0 bridgehead atoms. The van der Waals surface area contributed by atoms with Crippen LogP contribution in [0.2, 0.25) is 0 Å². The van der Waals surface area contributed by atoms with E-state index in [0.717, 1.165) is 6.07 Å². The van der Waals surface area contributed by atoms with Crippen LogP contribution >= 0.6 is 0 Å². The molecule has 0 fully saturated rings. The first-order valence-corrected chi connectivity index (χ1v) is 8.85. The molecule has 8 nitrogen and oxygen atoms in total. The number of rotatable bonds is 4. The van der Waals surface area contributed by atoms with Gasteiger partial charge in [0, 0.05) is 23.5 Å². The van der Waals surface area contributed by atoms with Gasteiger partial charge in [-0.1, -0.05) is 6.07 Å². The number of halogens is 1. The summed E-state index contributed by atoms with van der Waals surface area (Å²) < 4.78 is 20.2. The maximum Gasteiger partial charge on any atom is 0.320 e. The van der Waals surface area contributed by atoms with Crippen molar-refractivity contribution in [2.24, 2.45) is 0 Å². The number of ether oxygens (including phenoxy) is 1. The van der Waals surface area contributed by atoms with Crippen LogP contribution in [0.4, 0.5) is 20.7 Å². The Morgan fingerprint density at radius 3 is 2.87 bits per heavy atom. The number of fused-ring (bicyclic) bond motifs is 1. The van der Waals surface area contributed by atoms with Crippen molar-refractivity contribution in [1.82, 2.24) is 10.3 Å². The first kappa shape index (κ1) is 18.9. The van der Waals surface area contributed by atoms with Gasteiger partial charge in [0.1, 0.15) is 11.6 Å².